The second kappa shape index (κ2) is 21.8. The predicted octanol–water partition coefficient (Wildman–Crippen LogP) is 7.02. The Hall–Kier alpha value is -0.420. The molecular weight excluding hydrogens is 392 g/mol. The molecule has 1 amide bonds. The van der Waals surface area contributed by atoms with E-state index in [1.807, 2.05) is 11.8 Å². The standard InChI is InChI=1S/C25H50N2O2S/c1-2-3-4-5-6-7-8-9-10-11-12-13-14-15-16-17-18-26-25(28)29-22-19-27-20-23-30-24-21-27/h2-24H2,1H3,(H,26,28). The lowest BCUT2D eigenvalue weighted by atomic mass is 10.0. The number of unbranched alkanes of at least 4 members (excludes halogenated alkanes) is 15. The highest BCUT2D eigenvalue weighted by molar-refractivity contribution is 7.99. The summed E-state index contributed by atoms with van der Waals surface area (Å²) in [7, 11) is 0. The van der Waals surface area contributed by atoms with Crippen LogP contribution in [0.5, 0.6) is 0 Å². The number of hydrogen-bond donors (Lipinski definition) is 1. The van der Waals surface area contributed by atoms with Crippen LogP contribution in [0.1, 0.15) is 110 Å². The van der Waals surface area contributed by atoms with E-state index in [4.69, 9.17) is 4.74 Å². The van der Waals surface area contributed by atoms with E-state index >= 15 is 0 Å². The van der Waals surface area contributed by atoms with Crippen LogP contribution in [0.2, 0.25) is 0 Å². The van der Waals surface area contributed by atoms with E-state index < -0.39 is 0 Å². The maximum absolute atomic E-state index is 11.7. The molecule has 0 aromatic heterocycles. The van der Waals surface area contributed by atoms with Gasteiger partial charge in [0.25, 0.3) is 0 Å². The Morgan fingerprint density at radius 2 is 1.23 bits per heavy atom. The normalized spacial score (nSPS) is 14.7. The molecule has 1 aliphatic rings. The number of ether oxygens (including phenoxy) is 1. The minimum atomic E-state index is -0.248. The molecule has 30 heavy (non-hydrogen) atoms. The molecule has 0 radical (unpaired) electrons. The zero-order valence-electron chi connectivity index (χ0n) is 19.9. The first-order chi connectivity index (χ1) is 14.8. The molecule has 1 saturated heterocycles. The number of hydrogen-bond acceptors (Lipinski definition) is 4. The second-order valence-corrected chi connectivity index (χ2v) is 10.0. The Labute approximate surface area is 191 Å². The third-order valence-electron chi connectivity index (χ3n) is 6.04. The van der Waals surface area contributed by atoms with Crippen molar-refractivity contribution >= 4 is 17.9 Å². The summed E-state index contributed by atoms with van der Waals surface area (Å²) in [5, 5.41) is 2.89. The molecule has 1 aliphatic heterocycles. The van der Waals surface area contributed by atoms with Gasteiger partial charge in [-0.3, -0.25) is 4.90 Å². The molecule has 0 bridgehead atoms. The number of carbonyl (C=O) groups excluding carboxylic acids is 1. The van der Waals surface area contributed by atoms with Crippen molar-refractivity contribution in [3.05, 3.63) is 0 Å². The van der Waals surface area contributed by atoms with Crippen LogP contribution in [0.15, 0.2) is 0 Å². The Balaban J connectivity index is 1.70. The summed E-state index contributed by atoms with van der Waals surface area (Å²) in [5.41, 5.74) is 0. The molecule has 178 valence electrons. The number of alkyl carbamates (subject to hydrolysis) is 1. The summed E-state index contributed by atoms with van der Waals surface area (Å²) >= 11 is 2.01. The van der Waals surface area contributed by atoms with E-state index in [0.717, 1.165) is 32.6 Å². The summed E-state index contributed by atoms with van der Waals surface area (Å²) in [4.78, 5) is 14.1. The van der Waals surface area contributed by atoms with E-state index in [9.17, 15) is 4.79 Å². The molecule has 0 spiro atoms. The third-order valence-corrected chi connectivity index (χ3v) is 6.99. The number of nitrogens with one attached hydrogen (secondary N) is 1. The first-order valence-electron chi connectivity index (χ1n) is 13.0. The molecule has 0 saturated carbocycles. The van der Waals surface area contributed by atoms with Gasteiger partial charge in [0.05, 0.1) is 0 Å². The van der Waals surface area contributed by atoms with Gasteiger partial charge in [-0.25, -0.2) is 4.79 Å². The molecule has 1 fully saturated rings. The Morgan fingerprint density at radius 1 is 0.767 bits per heavy atom. The SMILES string of the molecule is CCCCCCCCCCCCCCCCCCNC(=O)OCCN1CCSCC1. The highest BCUT2D eigenvalue weighted by atomic mass is 32.2. The quantitative estimate of drug-likeness (QED) is 0.206. The maximum Gasteiger partial charge on any atom is 0.407 e. The first kappa shape index (κ1) is 27.6. The fourth-order valence-corrected chi connectivity index (χ4v) is 4.99. The largest absolute Gasteiger partial charge is 0.448 e. The third kappa shape index (κ3) is 18.4. The molecule has 0 unspecified atom stereocenters. The van der Waals surface area contributed by atoms with Crippen LogP contribution in [-0.2, 0) is 4.74 Å². The van der Waals surface area contributed by atoms with E-state index in [2.05, 4.69) is 17.1 Å². The van der Waals surface area contributed by atoms with Crippen molar-refractivity contribution in [3.8, 4) is 0 Å². The minimum absolute atomic E-state index is 0.248. The van der Waals surface area contributed by atoms with Crippen LogP contribution in [0.25, 0.3) is 0 Å². The van der Waals surface area contributed by atoms with E-state index in [1.165, 1.54) is 108 Å². The van der Waals surface area contributed by atoms with Crippen LogP contribution in [0, 0.1) is 0 Å². The van der Waals surface area contributed by atoms with Gasteiger partial charge in [-0.2, -0.15) is 11.8 Å². The number of amides is 1. The maximum atomic E-state index is 11.7. The summed E-state index contributed by atoms with van der Waals surface area (Å²) in [6.45, 7) is 6.65. The van der Waals surface area contributed by atoms with E-state index in [0.29, 0.717) is 6.61 Å². The number of carbonyl (C=O) groups is 1. The molecule has 0 atom stereocenters. The lowest BCUT2D eigenvalue weighted by Crippen LogP contribution is -2.36. The van der Waals surface area contributed by atoms with E-state index in [-0.39, 0.29) is 6.09 Å². The zero-order valence-corrected chi connectivity index (χ0v) is 20.8. The molecule has 0 aromatic carbocycles. The second-order valence-electron chi connectivity index (χ2n) is 8.82. The topological polar surface area (TPSA) is 41.6 Å². The van der Waals surface area contributed by atoms with Crippen molar-refractivity contribution in [3.63, 3.8) is 0 Å². The molecule has 1 heterocycles. The van der Waals surface area contributed by atoms with Gasteiger partial charge in [0.2, 0.25) is 0 Å². The predicted molar refractivity (Wildman–Crippen MR) is 133 cm³/mol. The van der Waals surface area contributed by atoms with Gasteiger partial charge in [0.1, 0.15) is 6.61 Å². The van der Waals surface area contributed by atoms with Crippen molar-refractivity contribution in [2.75, 3.05) is 44.3 Å². The van der Waals surface area contributed by atoms with Gasteiger partial charge in [-0.1, -0.05) is 103 Å². The molecule has 4 nitrogen and oxygen atoms in total. The van der Waals surface area contributed by atoms with Gasteiger partial charge in [0, 0.05) is 37.7 Å². The molecule has 0 aliphatic carbocycles. The van der Waals surface area contributed by atoms with Crippen molar-refractivity contribution < 1.29 is 9.53 Å². The van der Waals surface area contributed by atoms with Gasteiger partial charge >= 0.3 is 6.09 Å². The number of thioether (sulfide) groups is 1. The first-order valence-corrected chi connectivity index (χ1v) is 14.2. The molecule has 1 rings (SSSR count). The van der Waals surface area contributed by atoms with Gasteiger partial charge in [0.15, 0.2) is 0 Å². The zero-order chi connectivity index (χ0) is 21.5. The average Bonchev–Trinajstić information content (AvgIpc) is 2.76. The Kier molecular flexibility index (Phi) is 20.1. The fourth-order valence-electron chi connectivity index (χ4n) is 4.01. The fraction of sp³-hybridized carbons (Fsp3) is 0.960. The van der Waals surface area contributed by atoms with Crippen LogP contribution in [0.4, 0.5) is 4.79 Å². The Bertz CT molecular complexity index is 376. The lowest BCUT2D eigenvalue weighted by molar-refractivity contribution is 0.129. The number of rotatable bonds is 20. The molecule has 5 heteroatoms. The average molecular weight is 443 g/mol. The minimum Gasteiger partial charge on any atom is -0.448 e. The summed E-state index contributed by atoms with van der Waals surface area (Å²) in [6, 6.07) is 0. The summed E-state index contributed by atoms with van der Waals surface area (Å²) < 4.78 is 5.28. The highest BCUT2D eigenvalue weighted by Crippen LogP contribution is 2.13. The van der Waals surface area contributed by atoms with Crippen molar-refractivity contribution in [1.29, 1.82) is 0 Å². The van der Waals surface area contributed by atoms with Gasteiger partial charge in [-0.15, -0.1) is 0 Å². The molecule has 1 N–H and O–H groups in total. The summed E-state index contributed by atoms with van der Waals surface area (Å²) in [6.07, 6.45) is 21.7. The van der Waals surface area contributed by atoms with Gasteiger partial charge < -0.3 is 10.1 Å². The van der Waals surface area contributed by atoms with Crippen LogP contribution < -0.4 is 5.32 Å². The summed E-state index contributed by atoms with van der Waals surface area (Å²) in [5.74, 6) is 2.40. The van der Waals surface area contributed by atoms with Crippen molar-refractivity contribution in [1.82, 2.24) is 10.2 Å². The van der Waals surface area contributed by atoms with Crippen molar-refractivity contribution in [2.24, 2.45) is 0 Å². The highest BCUT2D eigenvalue weighted by Gasteiger charge is 2.10. The van der Waals surface area contributed by atoms with Crippen LogP contribution in [-0.4, -0.2) is 55.3 Å². The monoisotopic (exact) mass is 442 g/mol. The van der Waals surface area contributed by atoms with E-state index in [1.54, 1.807) is 0 Å². The Morgan fingerprint density at radius 3 is 1.73 bits per heavy atom. The number of nitrogens with zero attached hydrogens (tertiary/aromatic N) is 1. The molecule has 0 aromatic rings. The van der Waals surface area contributed by atoms with Crippen LogP contribution in [0.3, 0.4) is 0 Å². The molecular formula is C25H50N2O2S. The lowest BCUT2D eigenvalue weighted by Gasteiger charge is -2.25. The van der Waals surface area contributed by atoms with Crippen molar-refractivity contribution in [2.45, 2.75) is 110 Å². The smallest absolute Gasteiger partial charge is 0.407 e. The van der Waals surface area contributed by atoms with Gasteiger partial charge in [-0.05, 0) is 6.42 Å². The van der Waals surface area contributed by atoms with Crippen LogP contribution >= 0.6 is 11.8 Å².